The van der Waals surface area contributed by atoms with Crippen LogP contribution in [0.25, 0.3) is 0 Å². The van der Waals surface area contributed by atoms with Crippen LogP contribution >= 0.6 is 0 Å². The van der Waals surface area contributed by atoms with Gasteiger partial charge in [0.1, 0.15) is 5.78 Å². The summed E-state index contributed by atoms with van der Waals surface area (Å²) in [5, 5.41) is 3.82. The highest BCUT2D eigenvalue weighted by Crippen LogP contribution is 2.11. The number of piperidine rings is 1. The minimum atomic E-state index is 0.353. The maximum absolute atomic E-state index is 11.0. The second-order valence-corrected chi connectivity index (χ2v) is 3.80. The minimum Gasteiger partial charge on any atom is -0.360 e. The third-order valence-electron chi connectivity index (χ3n) is 2.61. The Morgan fingerprint density at radius 3 is 2.80 bits per heavy atom. The number of hydrogen-bond donors (Lipinski definition) is 1. The molecule has 0 bridgehead atoms. The number of aromatic nitrogens is 1. The van der Waals surface area contributed by atoms with Crippen LogP contribution in [0, 0.1) is 0 Å². The van der Waals surface area contributed by atoms with Crippen molar-refractivity contribution in [2.75, 3.05) is 13.1 Å². The number of carbonyl (C=O) groups excluding carboxylic acids is 1. The van der Waals surface area contributed by atoms with Gasteiger partial charge in [-0.25, -0.2) is 0 Å². The third-order valence-corrected chi connectivity index (χ3v) is 2.61. The van der Waals surface area contributed by atoms with Crippen LogP contribution in [0.2, 0.25) is 0 Å². The highest BCUT2D eigenvalue weighted by molar-refractivity contribution is 5.79. The van der Waals surface area contributed by atoms with Crippen LogP contribution in [0.15, 0.2) is 10.6 Å². The summed E-state index contributed by atoms with van der Waals surface area (Å²) in [7, 11) is 0. The predicted octanol–water partition coefficient (Wildman–Crippen LogP) is 0.298. The summed E-state index contributed by atoms with van der Waals surface area (Å²) >= 11 is 0. The summed E-state index contributed by atoms with van der Waals surface area (Å²) in [6, 6.07) is 1.87. The van der Waals surface area contributed by atoms with Crippen molar-refractivity contribution in [1.29, 1.82) is 0 Å². The number of hydrogen-bond acceptors (Lipinski definition) is 5. The number of carbonyl (C=O) groups is 1. The van der Waals surface area contributed by atoms with Gasteiger partial charge in [0.25, 0.3) is 0 Å². The van der Waals surface area contributed by atoms with Crippen LogP contribution in [-0.2, 0) is 17.9 Å². The highest BCUT2D eigenvalue weighted by atomic mass is 16.5. The first-order chi connectivity index (χ1) is 7.28. The van der Waals surface area contributed by atoms with E-state index in [-0.39, 0.29) is 0 Å². The molecule has 0 aromatic carbocycles. The van der Waals surface area contributed by atoms with Crippen LogP contribution < -0.4 is 5.73 Å². The van der Waals surface area contributed by atoms with Crippen LogP contribution in [0.5, 0.6) is 0 Å². The van der Waals surface area contributed by atoms with Crippen molar-refractivity contribution in [3.05, 3.63) is 17.5 Å². The van der Waals surface area contributed by atoms with E-state index in [1.807, 2.05) is 6.07 Å². The summed E-state index contributed by atoms with van der Waals surface area (Å²) < 4.78 is 5.13. The average molecular weight is 209 g/mol. The number of Topliss-reactive ketones (excluding diaryl/α,β-unsaturated/α-hetero) is 1. The van der Waals surface area contributed by atoms with E-state index in [4.69, 9.17) is 10.3 Å². The molecule has 2 rings (SSSR count). The van der Waals surface area contributed by atoms with Crippen molar-refractivity contribution >= 4 is 5.78 Å². The fourth-order valence-corrected chi connectivity index (χ4v) is 1.71. The van der Waals surface area contributed by atoms with Crippen molar-refractivity contribution in [1.82, 2.24) is 10.1 Å². The smallest absolute Gasteiger partial charge is 0.151 e. The lowest BCUT2D eigenvalue weighted by Gasteiger charge is -2.24. The van der Waals surface area contributed by atoms with Gasteiger partial charge in [-0.15, -0.1) is 0 Å². The molecular formula is C10H15N3O2. The minimum absolute atomic E-state index is 0.353. The highest BCUT2D eigenvalue weighted by Gasteiger charge is 2.17. The van der Waals surface area contributed by atoms with Gasteiger partial charge in [-0.05, 0) is 0 Å². The van der Waals surface area contributed by atoms with E-state index in [1.54, 1.807) is 0 Å². The van der Waals surface area contributed by atoms with E-state index >= 15 is 0 Å². The quantitative estimate of drug-likeness (QED) is 0.775. The van der Waals surface area contributed by atoms with E-state index < -0.39 is 0 Å². The Bertz CT molecular complexity index is 338. The number of nitrogens with two attached hydrogens (primary N) is 1. The molecule has 1 aromatic rings. The molecule has 1 saturated heterocycles. The zero-order chi connectivity index (χ0) is 10.7. The van der Waals surface area contributed by atoms with E-state index in [1.165, 1.54) is 0 Å². The van der Waals surface area contributed by atoms with Gasteiger partial charge in [0.2, 0.25) is 0 Å². The van der Waals surface area contributed by atoms with Gasteiger partial charge in [0, 0.05) is 38.5 Å². The van der Waals surface area contributed by atoms with E-state index in [9.17, 15) is 4.79 Å². The largest absolute Gasteiger partial charge is 0.360 e. The Balaban J connectivity index is 1.88. The van der Waals surface area contributed by atoms with Crippen LogP contribution in [0.1, 0.15) is 24.3 Å². The molecule has 2 N–H and O–H groups in total. The lowest BCUT2D eigenvalue weighted by molar-refractivity contribution is -0.121. The maximum atomic E-state index is 11.0. The summed E-state index contributed by atoms with van der Waals surface area (Å²) in [6.07, 6.45) is 1.30. The summed E-state index contributed by atoms with van der Waals surface area (Å²) in [5.74, 6) is 1.18. The first kappa shape index (κ1) is 10.3. The molecular weight excluding hydrogens is 194 g/mol. The summed E-state index contributed by atoms with van der Waals surface area (Å²) in [4.78, 5) is 13.2. The van der Waals surface area contributed by atoms with Gasteiger partial charge in [-0.2, -0.15) is 0 Å². The molecule has 15 heavy (non-hydrogen) atoms. The van der Waals surface area contributed by atoms with Crippen LogP contribution in [0.4, 0.5) is 0 Å². The number of likely N-dealkylation sites (tertiary alicyclic amines) is 1. The fourth-order valence-electron chi connectivity index (χ4n) is 1.71. The zero-order valence-electron chi connectivity index (χ0n) is 8.61. The zero-order valence-corrected chi connectivity index (χ0v) is 8.61. The molecule has 0 amide bonds. The Labute approximate surface area is 88.2 Å². The number of ketones is 1. The second kappa shape index (κ2) is 4.55. The monoisotopic (exact) mass is 209 g/mol. The molecule has 82 valence electrons. The van der Waals surface area contributed by atoms with Crippen molar-refractivity contribution in [2.45, 2.75) is 25.9 Å². The van der Waals surface area contributed by atoms with E-state index in [2.05, 4.69) is 10.1 Å². The molecule has 0 spiro atoms. The van der Waals surface area contributed by atoms with Gasteiger partial charge in [-0.1, -0.05) is 5.16 Å². The average Bonchev–Trinajstić information content (AvgIpc) is 2.69. The maximum Gasteiger partial charge on any atom is 0.151 e. The van der Waals surface area contributed by atoms with Gasteiger partial charge in [-0.3, -0.25) is 9.69 Å². The number of rotatable bonds is 3. The molecule has 2 heterocycles. The topological polar surface area (TPSA) is 72.4 Å². The molecule has 1 aromatic heterocycles. The molecule has 0 unspecified atom stereocenters. The Kier molecular flexibility index (Phi) is 3.13. The van der Waals surface area contributed by atoms with E-state index in [0.29, 0.717) is 25.2 Å². The molecule has 5 nitrogen and oxygen atoms in total. The molecule has 1 fully saturated rings. The number of nitrogens with zero attached hydrogens (tertiary/aromatic N) is 2. The molecule has 0 atom stereocenters. The lowest BCUT2D eigenvalue weighted by atomic mass is 10.1. The van der Waals surface area contributed by atoms with E-state index in [0.717, 1.165) is 31.1 Å². The summed E-state index contributed by atoms with van der Waals surface area (Å²) in [5.41, 5.74) is 6.21. The molecule has 0 saturated carbocycles. The van der Waals surface area contributed by atoms with Crippen molar-refractivity contribution in [3.63, 3.8) is 0 Å². The Morgan fingerprint density at radius 1 is 1.47 bits per heavy atom. The van der Waals surface area contributed by atoms with Gasteiger partial charge in [0.15, 0.2) is 5.76 Å². The summed E-state index contributed by atoms with van der Waals surface area (Å²) in [6.45, 7) is 2.76. The molecule has 1 aliphatic heterocycles. The molecule has 5 heteroatoms. The van der Waals surface area contributed by atoms with Crippen LogP contribution in [0.3, 0.4) is 0 Å². The van der Waals surface area contributed by atoms with Gasteiger partial charge >= 0.3 is 0 Å². The fraction of sp³-hybridized carbons (Fsp3) is 0.600. The molecule has 0 aliphatic carbocycles. The van der Waals surface area contributed by atoms with Gasteiger partial charge < -0.3 is 10.3 Å². The van der Waals surface area contributed by atoms with Crippen molar-refractivity contribution in [2.24, 2.45) is 5.73 Å². The first-order valence-corrected chi connectivity index (χ1v) is 5.16. The Hall–Kier alpha value is -1.20. The van der Waals surface area contributed by atoms with Crippen LogP contribution in [-0.4, -0.2) is 28.9 Å². The predicted molar refractivity (Wildman–Crippen MR) is 53.9 cm³/mol. The van der Waals surface area contributed by atoms with Crippen molar-refractivity contribution in [3.8, 4) is 0 Å². The normalized spacial score (nSPS) is 18.3. The van der Waals surface area contributed by atoms with Gasteiger partial charge in [0.05, 0.1) is 12.2 Å². The lowest BCUT2D eigenvalue weighted by Crippen LogP contribution is -2.33. The third kappa shape index (κ3) is 2.64. The molecule has 1 aliphatic rings. The second-order valence-electron chi connectivity index (χ2n) is 3.80. The standard InChI is InChI=1S/C10H15N3O2/c11-6-8-5-10(15-12-8)7-13-3-1-9(14)2-4-13/h5H,1-4,6-7,11H2. The van der Waals surface area contributed by atoms with Crippen molar-refractivity contribution < 1.29 is 9.32 Å². The first-order valence-electron chi connectivity index (χ1n) is 5.16. The molecule has 0 radical (unpaired) electrons. The Morgan fingerprint density at radius 2 is 2.20 bits per heavy atom. The SMILES string of the molecule is NCc1cc(CN2CCC(=O)CC2)on1.